The van der Waals surface area contributed by atoms with Crippen LogP contribution in [-0.2, 0) is 14.3 Å². The molecule has 8 nitrogen and oxygen atoms in total. The van der Waals surface area contributed by atoms with Gasteiger partial charge in [-0.25, -0.2) is 4.79 Å². The first-order valence-electron chi connectivity index (χ1n) is 11.0. The molecule has 3 aromatic rings. The average Bonchev–Trinajstić information content (AvgIpc) is 3.14. The number of hydrogen-bond donors (Lipinski definition) is 2. The van der Waals surface area contributed by atoms with Crippen molar-refractivity contribution in [3.63, 3.8) is 0 Å². The van der Waals surface area contributed by atoms with Gasteiger partial charge in [-0.3, -0.25) is 14.5 Å². The molecule has 1 aliphatic heterocycles. The Morgan fingerprint density at radius 3 is 2.25 bits per heavy atom. The predicted molar refractivity (Wildman–Crippen MR) is 133 cm³/mol. The highest BCUT2D eigenvalue weighted by Crippen LogP contribution is 2.43. The Balaban J connectivity index is 1.87. The zero-order chi connectivity index (χ0) is 26.0. The van der Waals surface area contributed by atoms with Crippen LogP contribution in [0.25, 0.3) is 5.76 Å². The summed E-state index contributed by atoms with van der Waals surface area (Å²) in [7, 11) is 1.42. The molecule has 1 heterocycles. The van der Waals surface area contributed by atoms with Gasteiger partial charge in [-0.2, -0.15) is 0 Å². The summed E-state index contributed by atoms with van der Waals surface area (Å²) >= 11 is 6.10. The Hall–Kier alpha value is -4.30. The van der Waals surface area contributed by atoms with Crippen LogP contribution in [0.15, 0.2) is 72.3 Å². The van der Waals surface area contributed by atoms with Crippen molar-refractivity contribution in [2.24, 2.45) is 0 Å². The third-order valence-corrected chi connectivity index (χ3v) is 6.05. The summed E-state index contributed by atoms with van der Waals surface area (Å²) in [6.45, 7) is 1.91. The summed E-state index contributed by atoms with van der Waals surface area (Å²) in [6.07, 6.45) is 0. The Bertz CT molecular complexity index is 1360. The SMILES string of the molecule is CCOC(=O)c1ccc(N2C(=O)C(=O)/C(=C(\O)c3ccc(Cl)c(OC)c3)C2c2ccc(O)cc2)cc1. The van der Waals surface area contributed by atoms with E-state index in [2.05, 4.69) is 0 Å². The Morgan fingerprint density at radius 2 is 1.64 bits per heavy atom. The summed E-state index contributed by atoms with van der Waals surface area (Å²) in [5.74, 6) is -2.40. The third kappa shape index (κ3) is 4.50. The molecule has 1 unspecified atom stereocenters. The molecule has 0 aliphatic carbocycles. The van der Waals surface area contributed by atoms with Crippen LogP contribution in [0.4, 0.5) is 5.69 Å². The number of hydrogen-bond acceptors (Lipinski definition) is 7. The zero-order valence-corrected chi connectivity index (χ0v) is 20.2. The fourth-order valence-corrected chi connectivity index (χ4v) is 4.20. The standard InChI is InChI=1S/C27H22ClNO7/c1-3-36-27(34)16-4-9-18(10-5-16)29-23(15-6-11-19(30)12-7-15)22(25(32)26(29)33)24(31)17-8-13-20(28)21(14-17)35-2/h4-14,23,30-31H,3H2,1-2H3/b24-22-. The molecule has 1 aliphatic rings. The van der Waals surface area contributed by atoms with Gasteiger partial charge in [0.2, 0.25) is 0 Å². The minimum Gasteiger partial charge on any atom is -0.508 e. The van der Waals surface area contributed by atoms with Crippen LogP contribution in [-0.4, -0.2) is 41.6 Å². The molecule has 184 valence electrons. The molecule has 0 spiro atoms. The first-order chi connectivity index (χ1) is 17.3. The number of Topliss-reactive ketones (excluding diaryl/α,β-unsaturated/α-hetero) is 1. The normalized spacial score (nSPS) is 16.8. The number of phenols is 1. The number of nitrogens with zero attached hydrogens (tertiary/aromatic N) is 1. The van der Waals surface area contributed by atoms with Crippen molar-refractivity contribution in [3.8, 4) is 11.5 Å². The van der Waals surface area contributed by atoms with Crippen molar-refractivity contribution in [1.82, 2.24) is 0 Å². The quantitative estimate of drug-likeness (QED) is 0.212. The largest absolute Gasteiger partial charge is 0.508 e. The highest BCUT2D eigenvalue weighted by Gasteiger charge is 2.47. The maximum absolute atomic E-state index is 13.2. The molecule has 1 atom stereocenters. The molecule has 0 saturated carbocycles. The maximum atomic E-state index is 13.2. The molecule has 4 rings (SSSR count). The summed E-state index contributed by atoms with van der Waals surface area (Å²) in [4.78, 5) is 39.8. The lowest BCUT2D eigenvalue weighted by molar-refractivity contribution is -0.132. The van der Waals surface area contributed by atoms with Gasteiger partial charge in [0.05, 0.1) is 35.9 Å². The van der Waals surface area contributed by atoms with Crippen LogP contribution in [0.2, 0.25) is 5.02 Å². The highest BCUT2D eigenvalue weighted by molar-refractivity contribution is 6.51. The van der Waals surface area contributed by atoms with Gasteiger partial charge in [-0.05, 0) is 67.1 Å². The van der Waals surface area contributed by atoms with Gasteiger partial charge in [-0.15, -0.1) is 0 Å². The van der Waals surface area contributed by atoms with E-state index >= 15 is 0 Å². The number of anilines is 1. The number of aromatic hydroxyl groups is 1. The van der Waals surface area contributed by atoms with E-state index in [1.807, 2.05) is 0 Å². The van der Waals surface area contributed by atoms with Crippen LogP contribution in [0, 0.1) is 0 Å². The number of esters is 1. The van der Waals surface area contributed by atoms with Crippen LogP contribution in [0.5, 0.6) is 11.5 Å². The molecule has 9 heteroatoms. The molecule has 1 amide bonds. The predicted octanol–water partition coefficient (Wildman–Crippen LogP) is 4.86. The molecule has 3 aromatic carbocycles. The number of benzene rings is 3. The second-order valence-corrected chi connectivity index (χ2v) is 8.28. The van der Waals surface area contributed by atoms with E-state index in [1.54, 1.807) is 19.1 Å². The minimum absolute atomic E-state index is 0.00284. The van der Waals surface area contributed by atoms with E-state index in [9.17, 15) is 24.6 Å². The van der Waals surface area contributed by atoms with Gasteiger partial charge in [0.1, 0.15) is 17.3 Å². The number of aliphatic hydroxyl groups is 1. The molecule has 0 bridgehead atoms. The lowest BCUT2D eigenvalue weighted by atomic mass is 9.95. The topological polar surface area (TPSA) is 113 Å². The van der Waals surface area contributed by atoms with E-state index in [0.29, 0.717) is 16.3 Å². The van der Waals surface area contributed by atoms with Gasteiger partial charge < -0.3 is 19.7 Å². The lowest BCUT2D eigenvalue weighted by Gasteiger charge is -2.25. The van der Waals surface area contributed by atoms with E-state index in [1.165, 1.54) is 66.6 Å². The number of phenolic OH excluding ortho intramolecular Hbond substituents is 1. The van der Waals surface area contributed by atoms with Gasteiger partial charge in [0.25, 0.3) is 11.7 Å². The molecule has 1 fully saturated rings. The smallest absolute Gasteiger partial charge is 0.338 e. The molecule has 1 saturated heterocycles. The number of amides is 1. The molecular formula is C27H22ClNO7. The van der Waals surface area contributed by atoms with Crippen molar-refractivity contribution in [3.05, 3.63) is 94.0 Å². The lowest BCUT2D eigenvalue weighted by Crippen LogP contribution is -2.29. The minimum atomic E-state index is -1.01. The van der Waals surface area contributed by atoms with Crippen LogP contribution in [0.1, 0.15) is 34.5 Å². The average molecular weight is 508 g/mol. The van der Waals surface area contributed by atoms with E-state index in [4.69, 9.17) is 21.1 Å². The number of carbonyl (C=O) groups is 3. The molecule has 0 radical (unpaired) electrons. The number of methoxy groups -OCH3 is 1. The molecular weight excluding hydrogens is 486 g/mol. The monoisotopic (exact) mass is 507 g/mol. The molecule has 0 aromatic heterocycles. The number of halogens is 1. The van der Waals surface area contributed by atoms with Crippen LogP contribution in [0.3, 0.4) is 0 Å². The summed E-state index contributed by atoms with van der Waals surface area (Å²) in [5, 5.41) is 21.3. The van der Waals surface area contributed by atoms with Crippen LogP contribution >= 0.6 is 11.6 Å². The van der Waals surface area contributed by atoms with E-state index < -0.39 is 29.5 Å². The van der Waals surface area contributed by atoms with E-state index in [0.717, 1.165) is 0 Å². The zero-order valence-electron chi connectivity index (χ0n) is 19.4. The Morgan fingerprint density at radius 1 is 1.00 bits per heavy atom. The van der Waals surface area contributed by atoms with Gasteiger partial charge >= 0.3 is 5.97 Å². The first kappa shape index (κ1) is 24.8. The van der Waals surface area contributed by atoms with Crippen molar-refractivity contribution in [1.29, 1.82) is 0 Å². The Kier molecular flexibility index (Phi) is 6.98. The Labute approximate surface area is 211 Å². The van der Waals surface area contributed by atoms with Gasteiger partial charge in [0, 0.05) is 11.3 Å². The van der Waals surface area contributed by atoms with Crippen molar-refractivity contribution in [2.45, 2.75) is 13.0 Å². The van der Waals surface area contributed by atoms with Gasteiger partial charge in [-0.1, -0.05) is 23.7 Å². The fourth-order valence-electron chi connectivity index (χ4n) is 4.01. The highest BCUT2D eigenvalue weighted by atomic mass is 35.5. The summed E-state index contributed by atoms with van der Waals surface area (Å²) in [5.41, 5.74) is 1.17. The number of ketones is 1. The first-order valence-corrected chi connectivity index (χ1v) is 11.4. The molecule has 2 N–H and O–H groups in total. The second-order valence-electron chi connectivity index (χ2n) is 7.88. The maximum Gasteiger partial charge on any atom is 0.338 e. The van der Waals surface area contributed by atoms with Gasteiger partial charge in [0.15, 0.2) is 0 Å². The summed E-state index contributed by atoms with van der Waals surface area (Å²) in [6, 6.07) is 15.5. The number of rotatable bonds is 6. The fraction of sp³-hybridized carbons (Fsp3) is 0.148. The van der Waals surface area contributed by atoms with E-state index in [-0.39, 0.29) is 34.8 Å². The number of carbonyl (C=O) groups excluding carboxylic acids is 3. The number of ether oxygens (including phenoxy) is 2. The summed E-state index contributed by atoms with van der Waals surface area (Å²) < 4.78 is 10.2. The third-order valence-electron chi connectivity index (χ3n) is 5.73. The van der Waals surface area contributed by atoms with Crippen molar-refractivity contribution >= 4 is 40.7 Å². The molecule has 36 heavy (non-hydrogen) atoms. The van der Waals surface area contributed by atoms with Crippen LogP contribution < -0.4 is 9.64 Å². The van der Waals surface area contributed by atoms with Crippen molar-refractivity contribution < 1.29 is 34.1 Å². The number of aliphatic hydroxyl groups excluding tert-OH is 1. The van der Waals surface area contributed by atoms with Crippen molar-refractivity contribution in [2.75, 3.05) is 18.6 Å². The second kappa shape index (κ2) is 10.1.